The predicted molar refractivity (Wildman–Crippen MR) is 109 cm³/mol. The lowest BCUT2D eigenvalue weighted by Crippen LogP contribution is -2.43. The van der Waals surface area contributed by atoms with E-state index in [-0.39, 0.29) is 43.1 Å². The van der Waals surface area contributed by atoms with Gasteiger partial charge in [-0.25, -0.2) is 14.8 Å². The zero-order valence-electron chi connectivity index (χ0n) is 18.0. The SMILES string of the molecule is COCCOc1ncc(OC(=O)NC[C@](C)(O)C2CC2)nc1-c1ccc(OC(F)(F)F)cc1. The van der Waals surface area contributed by atoms with E-state index < -0.39 is 23.8 Å². The molecule has 1 aliphatic rings. The number of nitrogens with one attached hydrogen (secondary N) is 1. The Morgan fingerprint density at radius 2 is 1.91 bits per heavy atom. The largest absolute Gasteiger partial charge is 0.573 e. The van der Waals surface area contributed by atoms with Crippen molar-refractivity contribution in [3.63, 3.8) is 0 Å². The molecular weight excluding hydrogens is 447 g/mol. The molecule has 12 heteroatoms. The third-order valence-electron chi connectivity index (χ3n) is 4.85. The van der Waals surface area contributed by atoms with Crippen LogP contribution in [0.4, 0.5) is 18.0 Å². The summed E-state index contributed by atoms with van der Waals surface area (Å²) in [5.74, 6) is -0.364. The lowest BCUT2D eigenvalue weighted by atomic mass is 10.0. The van der Waals surface area contributed by atoms with Gasteiger partial charge in [0, 0.05) is 19.2 Å². The Bertz CT molecular complexity index is 949. The number of methoxy groups -OCH3 is 1. The highest BCUT2D eigenvalue weighted by atomic mass is 19.4. The van der Waals surface area contributed by atoms with Crippen molar-refractivity contribution < 1.29 is 42.0 Å². The van der Waals surface area contributed by atoms with Gasteiger partial charge in [0.25, 0.3) is 0 Å². The molecule has 1 heterocycles. The van der Waals surface area contributed by atoms with Crippen LogP contribution in [0.2, 0.25) is 0 Å². The summed E-state index contributed by atoms with van der Waals surface area (Å²) < 4.78 is 56.7. The van der Waals surface area contributed by atoms with Gasteiger partial charge in [0.15, 0.2) is 0 Å². The first kappa shape index (κ1) is 24.5. The van der Waals surface area contributed by atoms with Crippen LogP contribution in [0.5, 0.6) is 17.5 Å². The molecule has 1 fully saturated rings. The summed E-state index contributed by atoms with van der Waals surface area (Å²) >= 11 is 0. The van der Waals surface area contributed by atoms with E-state index in [9.17, 15) is 23.1 Å². The molecule has 33 heavy (non-hydrogen) atoms. The molecule has 1 aromatic carbocycles. The highest BCUT2D eigenvalue weighted by Crippen LogP contribution is 2.39. The lowest BCUT2D eigenvalue weighted by molar-refractivity contribution is -0.274. The molecule has 0 saturated heterocycles. The summed E-state index contributed by atoms with van der Waals surface area (Å²) in [6, 6.07) is 4.91. The lowest BCUT2D eigenvalue weighted by Gasteiger charge is -2.22. The van der Waals surface area contributed by atoms with Crippen LogP contribution in [-0.2, 0) is 4.74 Å². The molecule has 1 saturated carbocycles. The van der Waals surface area contributed by atoms with Gasteiger partial charge in [0.05, 0.1) is 18.4 Å². The van der Waals surface area contributed by atoms with Crippen molar-refractivity contribution in [1.82, 2.24) is 15.3 Å². The van der Waals surface area contributed by atoms with Gasteiger partial charge in [-0.1, -0.05) is 0 Å². The molecule has 1 amide bonds. The van der Waals surface area contributed by atoms with Gasteiger partial charge in [-0.2, -0.15) is 0 Å². The number of alkyl halides is 3. The minimum absolute atomic E-state index is 0.00959. The van der Waals surface area contributed by atoms with Crippen LogP contribution in [0.25, 0.3) is 11.3 Å². The number of hydrogen-bond donors (Lipinski definition) is 2. The monoisotopic (exact) mass is 471 g/mol. The van der Waals surface area contributed by atoms with Crippen LogP contribution in [0.3, 0.4) is 0 Å². The van der Waals surface area contributed by atoms with Crippen LogP contribution in [0.15, 0.2) is 30.5 Å². The Morgan fingerprint density at radius 1 is 1.21 bits per heavy atom. The van der Waals surface area contributed by atoms with E-state index in [1.807, 2.05) is 0 Å². The Morgan fingerprint density at radius 3 is 2.52 bits per heavy atom. The van der Waals surface area contributed by atoms with Crippen LogP contribution in [0.1, 0.15) is 19.8 Å². The van der Waals surface area contributed by atoms with E-state index >= 15 is 0 Å². The van der Waals surface area contributed by atoms with Crippen molar-refractivity contribution in [2.75, 3.05) is 26.9 Å². The van der Waals surface area contributed by atoms with Gasteiger partial charge in [-0.15, -0.1) is 13.2 Å². The average molecular weight is 471 g/mol. The van der Waals surface area contributed by atoms with Gasteiger partial charge in [0.2, 0.25) is 11.8 Å². The maximum absolute atomic E-state index is 12.4. The van der Waals surface area contributed by atoms with Crippen LogP contribution in [0, 0.1) is 5.92 Å². The zero-order valence-corrected chi connectivity index (χ0v) is 18.0. The topological polar surface area (TPSA) is 112 Å². The standard InChI is InChI=1S/C21H24F3N3O6/c1-20(29,14-5-6-14)12-26-19(28)32-16-11-25-18(31-10-9-30-2)17(27-16)13-3-7-15(8-4-13)33-21(22,23)24/h3-4,7-8,11,14,29H,5-6,9-10,12H2,1-2H3,(H,26,28)/t20-/m0/s1. The number of nitrogens with zero attached hydrogens (tertiary/aromatic N) is 2. The summed E-state index contributed by atoms with van der Waals surface area (Å²) in [5.41, 5.74) is -0.540. The van der Waals surface area contributed by atoms with E-state index in [2.05, 4.69) is 20.0 Å². The number of benzene rings is 1. The quantitative estimate of drug-likeness (QED) is 0.508. The maximum Gasteiger partial charge on any atom is 0.573 e. The Hall–Kier alpha value is -3.12. The number of halogens is 3. The number of carbonyl (C=O) groups excluding carboxylic acids is 1. The molecule has 2 aromatic rings. The molecule has 3 rings (SSSR count). The molecule has 2 N–H and O–H groups in total. The predicted octanol–water partition coefficient (Wildman–Crippen LogP) is 3.32. The number of ether oxygens (including phenoxy) is 4. The molecule has 180 valence electrons. The molecule has 0 unspecified atom stereocenters. The van der Waals surface area contributed by atoms with Gasteiger partial charge < -0.3 is 29.4 Å². The number of rotatable bonds is 10. The van der Waals surface area contributed by atoms with Crippen LogP contribution < -0.4 is 19.5 Å². The average Bonchev–Trinajstić information content (AvgIpc) is 3.59. The molecule has 0 bridgehead atoms. The minimum atomic E-state index is -4.82. The van der Waals surface area contributed by atoms with Gasteiger partial charge in [0.1, 0.15) is 18.1 Å². The number of aliphatic hydroxyl groups is 1. The molecular formula is C21H24F3N3O6. The van der Waals surface area contributed by atoms with Crippen molar-refractivity contribution in [2.24, 2.45) is 5.92 Å². The smallest absolute Gasteiger partial charge is 0.474 e. The first-order valence-electron chi connectivity index (χ1n) is 10.1. The number of amides is 1. The Balaban J connectivity index is 1.75. The van der Waals surface area contributed by atoms with Crippen molar-refractivity contribution in [2.45, 2.75) is 31.7 Å². The van der Waals surface area contributed by atoms with Gasteiger partial charge in [-0.05, 0) is 49.9 Å². The summed E-state index contributed by atoms with van der Waals surface area (Å²) in [6.07, 6.45) is -2.68. The van der Waals surface area contributed by atoms with E-state index in [0.717, 1.165) is 25.0 Å². The van der Waals surface area contributed by atoms with E-state index in [1.165, 1.54) is 25.4 Å². The fourth-order valence-electron chi connectivity index (χ4n) is 2.97. The zero-order chi connectivity index (χ0) is 24.1. The van der Waals surface area contributed by atoms with Crippen molar-refractivity contribution in [3.05, 3.63) is 30.5 Å². The number of aromatic nitrogens is 2. The molecule has 9 nitrogen and oxygen atoms in total. The molecule has 0 radical (unpaired) electrons. The first-order chi connectivity index (χ1) is 15.6. The molecule has 1 aromatic heterocycles. The van der Waals surface area contributed by atoms with Crippen molar-refractivity contribution >= 4 is 6.09 Å². The second-order valence-corrected chi connectivity index (χ2v) is 7.65. The van der Waals surface area contributed by atoms with Crippen LogP contribution in [-0.4, -0.2) is 60.0 Å². The third-order valence-corrected chi connectivity index (χ3v) is 4.85. The van der Waals surface area contributed by atoms with E-state index in [1.54, 1.807) is 6.92 Å². The number of hydrogen-bond acceptors (Lipinski definition) is 8. The van der Waals surface area contributed by atoms with Crippen molar-refractivity contribution in [3.8, 4) is 28.8 Å². The second-order valence-electron chi connectivity index (χ2n) is 7.65. The molecule has 1 atom stereocenters. The fourth-order valence-corrected chi connectivity index (χ4v) is 2.97. The highest BCUT2D eigenvalue weighted by molar-refractivity contribution is 5.71. The number of carbonyl (C=O) groups is 1. The normalized spacial score (nSPS) is 15.5. The Kier molecular flexibility index (Phi) is 7.59. The first-order valence-corrected chi connectivity index (χ1v) is 10.1. The fraction of sp³-hybridized carbons (Fsp3) is 0.476. The second kappa shape index (κ2) is 10.2. The minimum Gasteiger partial charge on any atom is -0.474 e. The summed E-state index contributed by atoms with van der Waals surface area (Å²) in [6.45, 7) is 2.06. The third kappa shape index (κ3) is 7.46. The highest BCUT2D eigenvalue weighted by Gasteiger charge is 2.40. The van der Waals surface area contributed by atoms with E-state index in [0.29, 0.717) is 5.56 Å². The van der Waals surface area contributed by atoms with Gasteiger partial charge in [-0.3, -0.25) is 0 Å². The molecule has 0 aliphatic heterocycles. The van der Waals surface area contributed by atoms with E-state index in [4.69, 9.17) is 14.2 Å². The molecule has 0 spiro atoms. The molecule has 1 aliphatic carbocycles. The van der Waals surface area contributed by atoms with Crippen LogP contribution >= 0.6 is 0 Å². The summed E-state index contributed by atoms with van der Waals surface area (Å²) in [5, 5.41) is 12.8. The maximum atomic E-state index is 12.4. The van der Waals surface area contributed by atoms with Gasteiger partial charge >= 0.3 is 12.5 Å². The Labute approximate surface area is 187 Å². The summed E-state index contributed by atoms with van der Waals surface area (Å²) in [7, 11) is 1.49. The summed E-state index contributed by atoms with van der Waals surface area (Å²) in [4.78, 5) is 20.5. The van der Waals surface area contributed by atoms with Crippen molar-refractivity contribution in [1.29, 1.82) is 0 Å².